The van der Waals surface area contributed by atoms with E-state index < -0.39 is 15.9 Å². The average Bonchev–Trinajstić information content (AvgIpc) is 3.02. The second-order valence-electron chi connectivity index (χ2n) is 11.0. The molecule has 4 aliphatic rings. The van der Waals surface area contributed by atoms with Crippen LogP contribution >= 0.6 is 0 Å². The smallest absolute Gasteiger partial charge is 0.264 e. The molecule has 3 atom stereocenters. The summed E-state index contributed by atoms with van der Waals surface area (Å²) in [5.41, 5.74) is 3.56. The maximum absolute atomic E-state index is 13.0. The van der Waals surface area contributed by atoms with Crippen molar-refractivity contribution in [2.75, 3.05) is 30.3 Å². The lowest BCUT2D eigenvalue weighted by Gasteiger charge is -2.44. The van der Waals surface area contributed by atoms with Crippen molar-refractivity contribution in [3.05, 3.63) is 77.4 Å². The number of anilines is 1. The fourth-order valence-corrected chi connectivity index (χ4v) is 7.35. The minimum Gasteiger partial charge on any atom is -0.490 e. The minimum atomic E-state index is -3.72. The molecule has 2 bridgehead atoms. The molecule has 1 saturated carbocycles. The van der Waals surface area contributed by atoms with Crippen molar-refractivity contribution in [3.63, 3.8) is 0 Å². The van der Waals surface area contributed by atoms with Crippen LogP contribution in [0, 0.1) is 11.8 Å². The van der Waals surface area contributed by atoms with Crippen LogP contribution in [0.25, 0.3) is 6.08 Å². The van der Waals surface area contributed by atoms with E-state index in [2.05, 4.69) is 52.1 Å². The molecule has 7 heteroatoms. The summed E-state index contributed by atoms with van der Waals surface area (Å²) in [7, 11) is -3.72. The molecule has 1 spiro atoms. The lowest BCUT2D eigenvalue weighted by molar-refractivity contribution is 0.0981. The van der Waals surface area contributed by atoms with Gasteiger partial charge in [0.05, 0.1) is 23.5 Å². The van der Waals surface area contributed by atoms with Crippen molar-refractivity contribution in [1.29, 1.82) is 0 Å². The molecule has 3 unspecified atom stereocenters. The van der Waals surface area contributed by atoms with E-state index in [0.717, 1.165) is 43.8 Å². The van der Waals surface area contributed by atoms with Crippen LogP contribution in [0.3, 0.4) is 0 Å². The zero-order valence-electron chi connectivity index (χ0n) is 21.1. The first-order valence-corrected chi connectivity index (χ1v) is 15.1. The normalized spacial score (nSPS) is 28.8. The van der Waals surface area contributed by atoms with Crippen LogP contribution in [0.4, 0.5) is 5.69 Å². The number of carbonyl (C=O) groups is 1. The number of sulfonamides is 1. The topological polar surface area (TPSA) is 75.7 Å². The molecule has 2 aromatic carbocycles. The Labute approximate surface area is 219 Å². The third-order valence-corrected chi connectivity index (χ3v) is 9.87. The summed E-state index contributed by atoms with van der Waals surface area (Å²) in [5, 5.41) is 0. The van der Waals surface area contributed by atoms with Gasteiger partial charge in [-0.2, -0.15) is 0 Å². The minimum absolute atomic E-state index is 0.100. The number of benzene rings is 2. The maximum Gasteiger partial charge on any atom is 0.264 e. The first-order chi connectivity index (χ1) is 17.9. The number of rotatable bonds is 0. The fraction of sp³-hybridized carbons (Fsp3) is 0.433. The summed E-state index contributed by atoms with van der Waals surface area (Å²) in [6.07, 6.45) is 14.3. The van der Waals surface area contributed by atoms with Crippen molar-refractivity contribution in [3.8, 4) is 5.75 Å². The summed E-state index contributed by atoms with van der Waals surface area (Å²) >= 11 is 0. The van der Waals surface area contributed by atoms with E-state index in [1.165, 1.54) is 24.0 Å². The van der Waals surface area contributed by atoms with Gasteiger partial charge in [0, 0.05) is 18.7 Å². The van der Waals surface area contributed by atoms with E-state index in [1.54, 1.807) is 6.07 Å². The first-order valence-electron chi connectivity index (χ1n) is 13.4. The highest BCUT2D eigenvalue weighted by molar-refractivity contribution is 7.90. The van der Waals surface area contributed by atoms with Crippen LogP contribution in [0.2, 0.25) is 0 Å². The molecule has 1 fully saturated rings. The van der Waals surface area contributed by atoms with Crippen molar-refractivity contribution < 1.29 is 17.9 Å². The zero-order chi connectivity index (χ0) is 25.5. The number of amides is 1. The number of hydrogen-bond acceptors (Lipinski definition) is 5. The predicted molar refractivity (Wildman–Crippen MR) is 146 cm³/mol. The summed E-state index contributed by atoms with van der Waals surface area (Å²) in [6.45, 7) is 2.24. The zero-order valence-corrected chi connectivity index (χ0v) is 21.9. The Bertz CT molecular complexity index is 1370. The Morgan fingerprint density at radius 2 is 1.81 bits per heavy atom. The summed E-state index contributed by atoms with van der Waals surface area (Å²) in [5.74, 6) is 1.32. The van der Waals surface area contributed by atoms with Gasteiger partial charge in [-0.3, -0.25) is 4.79 Å². The molecule has 0 radical (unpaired) electrons. The third kappa shape index (κ3) is 4.81. The highest BCUT2D eigenvalue weighted by atomic mass is 32.2. The molecule has 2 aliphatic heterocycles. The molecule has 6 nitrogen and oxygen atoms in total. The summed E-state index contributed by atoms with van der Waals surface area (Å²) < 4.78 is 33.8. The van der Waals surface area contributed by atoms with E-state index in [9.17, 15) is 13.2 Å². The number of nitrogens with zero attached hydrogens (tertiary/aromatic N) is 1. The van der Waals surface area contributed by atoms with E-state index in [1.807, 2.05) is 18.2 Å². The van der Waals surface area contributed by atoms with Crippen molar-refractivity contribution >= 4 is 27.7 Å². The largest absolute Gasteiger partial charge is 0.490 e. The van der Waals surface area contributed by atoms with Gasteiger partial charge in [-0.25, -0.2) is 13.1 Å². The number of carbonyl (C=O) groups excluding carboxylic acids is 1. The Hall–Kier alpha value is -3.06. The fourth-order valence-electron chi connectivity index (χ4n) is 6.40. The second kappa shape index (κ2) is 9.67. The molecular weight excluding hydrogens is 484 g/mol. The van der Waals surface area contributed by atoms with E-state index in [-0.39, 0.29) is 11.2 Å². The van der Waals surface area contributed by atoms with Gasteiger partial charge < -0.3 is 9.64 Å². The van der Waals surface area contributed by atoms with Crippen LogP contribution in [-0.2, 0) is 15.4 Å². The average molecular weight is 519 g/mol. The Morgan fingerprint density at radius 3 is 2.68 bits per heavy atom. The summed E-state index contributed by atoms with van der Waals surface area (Å²) in [4.78, 5) is 15.4. The Balaban J connectivity index is 1.40. The van der Waals surface area contributed by atoms with E-state index >= 15 is 0 Å². The number of ether oxygens (including phenoxy) is 1. The molecule has 2 heterocycles. The van der Waals surface area contributed by atoms with Crippen LogP contribution < -0.4 is 14.4 Å². The van der Waals surface area contributed by atoms with Gasteiger partial charge in [0.25, 0.3) is 5.91 Å². The molecule has 1 N–H and O–H groups in total. The number of fused-ring (bicyclic) bond motifs is 4. The van der Waals surface area contributed by atoms with E-state index in [0.29, 0.717) is 30.4 Å². The van der Waals surface area contributed by atoms with Gasteiger partial charge in [0.2, 0.25) is 10.0 Å². The molecule has 6 rings (SSSR count). The number of hydrogen-bond donors (Lipinski definition) is 1. The Kier molecular flexibility index (Phi) is 6.35. The highest BCUT2D eigenvalue weighted by Gasteiger charge is 2.42. The second-order valence-corrected chi connectivity index (χ2v) is 12.9. The number of allylic oxidation sites excluding steroid dienone is 3. The van der Waals surface area contributed by atoms with E-state index in [4.69, 9.17) is 4.74 Å². The monoisotopic (exact) mass is 518 g/mol. The Morgan fingerprint density at radius 1 is 0.973 bits per heavy atom. The number of nitrogens with one attached hydrogen (secondary N) is 1. The van der Waals surface area contributed by atoms with Gasteiger partial charge in [-0.1, -0.05) is 48.6 Å². The van der Waals surface area contributed by atoms with Crippen molar-refractivity contribution in [2.24, 2.45) is 11.8 Å². The van der Waals surface area contributed by atoms with Gasteiger partial charge in [-0.15, -0.1) is 0 Å². The lowest BCUT2D eigenvalue weighted by Crippen LogP contribution is -2.47. The van der Waals surface area contributed by atoms with Gasteiger partial charge >= 0.3 is 0 Å². The lowest BCUT2D eigenvalue weighted by atomic mass is 9.70. The molecule has 1 amide bonds. The van der Waals surface area contributed by atoms with Crippen LogP contribution in [-0.4, -0.2) is 39.8 Å². The van der Waals surface area contributed by atoms with Crippen LogP contribution in [0.15, 0.2) is 60.7 Å². The first kappa shape index (κ1) is 24.3. The molecule has 0 aromatic heterocycles. The molecule has 0 saturated heterocycles. The van der Waals surface area contributed by atoms with Crippen LogP contribution in [0.1, 0.15) is 60.0 Å². The predicted octanol–water partition coefficient (Wildman–Crippen LogP) is 5.07. The standard InChI is InChI=1S/C30H34N2O4S/c33-29-24-14-15-28-27(18-24)32(20-30(21-36-28)16-7-10-23-9-4-5-11-26(23)30)19-25-13-12-22(25)8-3-1-2-6-17-37(34,35)31-29/h1-2,4-5,7,9-11,14-15,18,22,25H,3,6,8,12-13,16-17,19-21H2,(H,31,33). The molecule has 2 aliphatic carbocycles. The SMILES string of the molecule is O=C1NS(=O)(=O)CCC=CCCC2CCC2CN2CC3(CC=Cc4ccccc43)COc3ccc1cc32. The van der Waals surface area contributed by atoms with Gasteiger partial charge in [0.1, 0.15) is 5.75 Å². The molecule has 37 heavy (non-hydrogen) atoms. The van der Waals surface area contributed by atoms with Gasteiger partial charge in [0.15, 0.2) is 0 Å². The highest BCUT2D eigenvalue weighted by Crippen LogP contribution is 2.45. The summed E-state index contributed by atoms with van der Waals surface area (Å²) in [6, 6.07) is 13.9. The van der Waals surface area contributed by atoms with Gasteiger partial charge in [-0.05, 0) is 79.7 Å². The van der Waals surface area contributed by atoms with Crippen molar-refractivity contribution in [2.45, 2.75) is 43.9 Å². The molecule has 2 aromatic rings. The van der Waals surface area contributed by atoms with Crippen LogP contribution in [0.5, 0.6) is 5.75 Å². The maximum atomic E-state index is 13.0. The quantitative estimate of drug-likeness (QED) is 0.493. The third-order valence-electron chi connectivity index (χ3n) is 8.60. The van der Waals surface area contributed by atoms with Crippen molar-refractivity contribution in [1.82, 2.24) is 4.72 Å². The molecule has 194 valence electrons. The molecular formula is C30H34N2O4S.